The normalized spacial score (nSPS) is 11.9. The van der Waals surface area contributed by atoms with E-state index >= 15 is 0 Å². The van der Waals surface area contributed by atoms with Gasteiger partial charge >= 0.3 is 0 Å². The Balaban J connectivity index is 2.70. The largest absolute Gasteiger partial charge is 0.374 e. The molecule has 4 N–H and O–H groups in total. The van der Waals surface area contributed by atoms with Crippen molar-refractivity contribution in [3.63, 3.8) is 0 Å². The predicted molar refractivity (Wildman–Crippen MR) is 62.4 cm³/mol. The van der Waals surface area contributed by atoms with Gasteiger partial charge in [0.2, 0.25) is 5.96 Å². The number of nitrogens with two attached hydrogens (primary N) is 2. The van der Waals surface area contributed by atoms with Crippen molar-refractivity contribution in [3.8, 4) is 0 Å². The Morgan fingerprint density at radius 3 is 2.43 bits per heavy atom. The number of thiocarbonyl (C=S) groups is 1. The zero-order valence-electron chi connectivity index (χ0n) is 7.42. The molecule has 0 aliphatic carbocycles. The van der Waals surface area contributed by atoms with Crippen molar-refractivity contribution in [3.05, 3.63) is 35.9 Å². The van der Waals surface area contributed by atoms with Crippen molar-refractivity contribution in [2.45, 2.75) is 0 Å². The molecule has 0 spiro atoms. The van der Waals surface area contributed by atoms with Crippen LogP contribution in [0.3, 0.4) is 0 Å². The summed E-state index contributed by atoms with van der Waals surface area (Å²) in [6, 6.07) is 9.53. The molecule has 0 aliphatic heterocycles. The number of aliphatic imine (C=N–C) groups is 2. The summed E-state index contributed by atoms with van der Waals surface area (Å²) in [5.74, 6) is 0.0568. The fraction of sp³-hybridized carbons (Fsp3) is 0. The fourth-order valence-corrected chi connectivity index (χ4v) is 0.915. The minimum Gasteiger partial charge on any atom is -0.374 e. The van der Waals surface area contributed by atoms with Crippen molar-refractivity contribution in [1.29, 1.82) is 0 Å². The Bertz CT molecular complexity index is 370. The van der Waals surface area contributed by atoms with E-state index in [1.807, 2.05) is 30.3 Å². The minimum atomic E-state index is -0.0206. The van der Waals surface area contributed by atoms with Crippen LogP contribution in [0.1, 0.15) is 5.56 Å². The maximum absolute atomic E-state index is 5.41. The Labute approximate surface area is 87.4 Å². The van der Waals surface area contributed by atoms with Crippen molar-refractivity contribution in [2.24, 2.45) is 21.5 Å². The first-order chi connectivity index (χ1) is 6.68. The zero-order chi connectivity index (χ0) is 10.4. The van der Waals surface area contributed by atoms with Crippen LogP contribution in [-0.4, -0.2) is 17.3 Å². The second-order valence-electron chi connectivity index (χ2n) is 2.48. The Hall–Kier alpha value is -1.75. The van der Waals surface area contributed by atoms with Gasteiger partial charge in [0.25, 0.3) is 0 Å². The molecule has 0 heterocycles. The van der Waals surface area contributed by atoms with Crippen molar-refractivity contribution in [2.75, 3.05) is 0 Å². The fourth-order valence-electron chi connectivity index (χ4n) is 0.822. The van der Waals surface area contributed by atoms with E-state index in [0.29, 0.717) is 0 Å². The quantitative estimate of drug-likeness (QED) is 0.402. The zero-order valence-corrected chi connectivity index (χ0v) is 8.24. The van der Waals surface area contributed by atoms with Gasteiger partial charge in [0.1, 0.15) is 0 Å². The molecule has 0 aromatic heterocycles. The summed E-state index contributed by atoms with van der Waals surface area (Å²) in [6.07, 6.45) is 1.59. The molecular formula is C9H10N4S. The van der Waals surface area contributed by atoms with E-state index in [4.69, 9.17) is 11.5 Å². The molecule has 0 fully saturated rings. The molecule has 0 saturated carbocycles. The number of benzene rings is 1. The highest BCUT2D eigenvalue weighted by molar-refractivity contribution is 7.80. The SMILES string of the molecule is NC(=S)/N=C(N)/N=C/c1ccccc1. The van der Waals surface area contributed by atoms with Crippen LogP contribution in [0.15, 0.2) is 40.3 Å². The van der Waals surface area contributed by atoms with Crippen LogP contribution >= 0.6 is 12.2 Å². The van der Waals surface area contributed by atoms with Crippen LogP contribution in [0.2, 0.25) is 0 Å². The molecule has 4 nitrogen and oxygen atoms in total. The first kappa shape index (κ1) is 10.3. The summed E-state index contributed by atoms with van der Waals surface area (Å²) in [5, 5.41) is -0.0206. The molecule has 0 atom stereocenters. The minimum absolute atomic E-state index is 0.0206. The van der Waals surface area contributed by atoms with Gasteiger partial charge in [-0.15, -0.1) is 0 Å². The summed E-state index contributed by atoms with van der Waals surface area (Å²) >= 11 is 4.54. The lowest BCUT2D eigenvalue weighted by Crippen LogP contribution is -2.15. The van der Waals surface area contributed by atoms with E-state index in [1.165, 1.54) is 0 Å². The van der Waals surface area contributed by atoms with Crippen LogP contribution in [-0.2, 0) is 0 Å². The molecule has 1 rings (SSSR count). The first-order valence-corrected chi connectivity index (χ1v) is 4.32. The third-order valence-corrected chi connectivity index (χ3v) is 1.46. The lowest BCUT2D eigenvalue weighted by molar-refractivity contribution is 1.47. The average Bonchev–Trinajstić information content (AvgIpc) is 2.15. The smallest absolute Gasteiger partial charge is 0.222 e. The molecule has 5 heteroatoms. The topological polar surface area (TPSA) is 76.8 Å². The highest BCUT2D eigenvalue weighted by Crippen LogP contribution is 1.93. The third kappa shape index (κ3) is 3.77. The predicted octanol–water partition coefficient (Wildman–Crippen LogP) is 0.664. The van der Waals surface area contributed by atoms with E-state index in [0.717, 1.165) is 5.56 Å². The number of nitrogens with zero attached hydrogens (tertiary/aromatic N) is 2. The van der Waals surface area contributed by atoms with Crippen LogP contribution < -0.4 is 11.5 Å². The summed E-state index contributed by atoms with van der Waals surface area (Å²) in [7, 11) is 0. The Kier molecular flexibility index (Phi) is 3.75. The molecular weight excluding hydrogens is 196 g/mol. The Morgan fingerprint density at radius 2 is 1.86 bits per heavy atom. The van der Waals surface area contributed by atoms with E-state index in [-0.39, 0.29) is 11.1 Å². The molecule has 14 heavy (non-hydrogen) atoms. The molecule has 72 valence electrons. The third-order valence-electron chi connectivity index (χ3n) is 1.37. The molecule has 1 aromatic carbocycles. The van der Waals surface area contributed by atoms with Gasteiger partial charge in [0, 0.05) is 6.21 Å². The number of hydrogen-bond acceptors (Lipinski definition) is 1. The van der Waals surface area contributed by atoms with Crippen LogP contribution in [0.5, 0.6) is 0 Å². The van der Waals surface area contributed by atoms with Gasteiger partial charge < -0.3 is 11.5 Å². The van der Waals surface area contributed by atoms with Gasteiger partial charge in [-0.25, -0.2) is 4.99 Å². The molecule has 1 aromatic rings. The number of rotatable bonds is 1. The van der Waals surface area contributed by atoms with Gasteiger partial charge in [0.05, 0.1) is 0 Å². The van der Waals surface area contributed by atoms with Gasteiger partial charge in [-0.05, 0) is 17.8 Å². The molecule has 0 radical (unpaired) electrons. The maximum Gasteiger partial charge on any atom is 0.222 e. The van der Waals surface area contributed by atoms with E-state index in [2.05, 4.69) is 22.2 Å². The van der Waals surface area contributed by atoms with Gasteiger partial charge in [-0.3, -0.25) is 0 Å². The van der Waals surface area contributed by atoms with Crippen LogP contribution in [0, 0.1) is 0 Å². The van der Waals surface area contributed by atoms with E-state index in [1.54, 1.807) is 6.21 Å². The highest BCUT2D eigenvalue weighted by Gasteiger charge is 1.88. The molecule has 0 bridgehead atoms. The number of guanidine groups is 1. The van der Waals surface area contributed by atoms with Gasteiger partial charge in [-0.1, -0.05) is 30.3 Å². The second kappa shape index (κ2) is 5.08. The summed E-state index contributed by atoms with van der Waals surface area (Å²) in [6.45, 7) is 0. The molecule has 0 saturated heterocycles. The summed E-state index contributed by atoms with van der Waals surface area (Å²) in [4.78, 5) is 7.47. The van der Waals surface area contributed by atoms with Gasteiger partial charge in [0.15, 0.2) is 5.11 Å². The first-order valence-electron chi connectivity index (χ1n) is 3.91. The lowest BCUT2D eigenvalue weighted by atomic mass is 10.2. The standard InChI is InChI=1S/C9H10N4S/c10-8(13-9(11)14)12-6-7-4-2-1-3-5-7/h1-6H,(H4,10,11,13,14)/b12-6+. The summed E-state index contributed by atoms with van der Waals surface area (Å²) < 4.78 is 0. The lowest BCUT2D eigenvalue weighted by Gasteiger charge is -1.92. The van der Waals surface area contributed by atoms with E-state index < -0.39 is 0 Å². The van der Waals surface area contributed by atoms with Crippen molar-refractivity contribution < 1.29 is 0 Å². The van der Waals surface area contributed by atoms with Crippen molar-refractivity contribution in [1.82, 2.24) is 0 Å². The second-order valence-corrected chi connectivity index (χ2v) is 2.90. The van der Waals surface area contributed by atoms with Crippen molar-refractivity contribution >= 4 is 29.5 Å². The highest BCUT2D eigenvalue weighted by atomic mass is 32.1. The summed E-state index contributed by atoms with van der Waals surface area (Å²) in [5.41, 5.74) is 11.5. The van der Waals surface area contributed by atoms with Crippen LogP contribution in [0.4, 0.5) is 0 Å². The molecule has 0 amide bonds. The maximum atomic E-state index is 5.41. The number of hydrogen-bond donors (Lipinski definition) is 2. The average molecular weight is 206 g/mol. The molecule has 0 unspecified atom stereocenters. The molecule has 0 aliphatic rings. The monoisotopic (exact) mass is 206 g/mol. The Morgan fingerprint density at radius 1 is 1.21 bits per heavy atom. The van der Waals surface area contributed by atoms with E-state index in [9.17, 15) is 0 Å². The van der Waals surface area contributed by atoms with Crippen LogP contribution in [0.25, 0.3) is 0 Å². The van der Waals surface area contributed by atoms with Gasteiger partial charge in [-0.2, -0.15) is 4.99 Å².